The second kappa shape index (κ2) is 7.63. The summed E-state index contributed by atoms with van der Waals surface area (Å²) in [5.74, 6) is 0.886. The highest BCUT2D eigenvalue weighted by Crippen LogP contribution is 2.22. The number of rotatable bonds is 5. The first-order chi connectivity index (χ1) is 10.6. The van der Waals surface area contributed by atoms with Crippen LogP contribution in [0.2, 0.25) is 0 Å². The first-order valence-corrected chi connectivity index (χ1v) is 8.22. The highest BCUT2D eigenvalue weighted by Gasteiger charge is 2.33. The van der Waals surface area contributed by atoms with Crippen LogP contribution < -0.4 is 9.64 Å². The van der Waals surface area contributed by atoms with Crippen LogP contribution in [-0.4, -0.2) is 32.3 Å². The van der Waals surface area contributed by atoms with Gasteiger partial charge in [0.15, 0.2) is 6.04 Å². The maximum atomic E-state index is 12.2. The fourth-order valence-corrected chi connectivity index (χ4v) is 3.32. The lowest BCUT2D eigenvalue weighted by molar-refractivity contribution is -0.935. The van der Waals surface area contributed by atoms with Gasteiger partial charge in [-0.25, -0.2) is 4.79 Å². The predicted octanol–water partition coefficient (Wildman–Crippen LogP) is 1.81. The van der Waals surface area contributed by atoms with Crippen molar-refractivity contribution < 1.29 is 19.2 Å². The summed E-state index contributed by atoms with van der Waals surface area (Å²) in [4.78, 5) is 13.5. The standard InChI is InChI=1S/C18H27NO3/c1-5-22-18(20)16-8-6-7-9-19(16)12-15-10-14(3)17(21-4)11-13(15)2/h10-11,16H,5-9,12H2,1-4H3/p+1/t16-/m1/s1. The van der Waals surface area contributed by atoms with Gasteiger partial charge in [0.05, 0.1) is 20.3 Å². The first kappa shape index (κ1) is 16.8. The fourth-order valence-electron chi connectivity index (χ4n) is 3.32. The van der Waals surface area contributed by atoms with Gasteiger partial charge in [-0.2, -0.15) is 0 Å². The zero-order valence-electron chi connectivity index (χ0n) is 14.2. The van der Waals surface area contributed by atoms with E-state index >= 15 is 0 Å². The fraction of sp³-hybridized carbons (Fsp3) is 0.611. The smallest absolute Gasteiger partial charge is 0.364 e. The Morgan fingerprint density at radius 1 is 1.27 bits per heavy atom. The largest absolute Gasteiger partial charge is 0.496 e. The molecule has 1 aromatic carbocycles. The van der Waals surface area contributed by atoms with Gasteiger partial charge in [-0.05, 0) is 56.9 Å². The SMILES string of the molecule is CCOC(=O)[C@H]1CCCC[NH+]1Cc1cc(C)c(OC)cc1C. The summed E-state index contributed by atoms with van der Waals surface area (Å²) in [6.45, 7) is 8.42. The third-order valence-electron chi connectivity index (χ3n) is 4.58. The zero-order valence-corrected chi connectivity index (χ0v) is 14.2. The second-order valence-corrected chi connectivity index (χ2v) is 6.13. The number of aryl methyl sites for hydroxylation is 2. The molecule has 0 amide bonds. The minimum Gasteiger partial charge on any atom is -0.496 e. The number of carbonyl (C=O) groups excluding carboxylic acids is 1. The number of ether oxygens (including phenoxy) is 2. The summed E-state index contributed by atoms with van der Waals surface area (Å²) in [6.07, 6.45) is 3.23. The van der Waals surface area contributed by atoms with E-state index in [1.165, 1.54) is 22.4 Å². The van der Waals surface area contributed by atoms with E-state index < -0.39 is 0 Å². The number of hydrogen-bond acceptors (Lipinski definition) is 3. The summed E-state index contributed by atoms with van der Waals surface area (Å²) >= 11 is 0. The highest BCUT2D eigenvalue weighted by atomic mass is 16.5. The van der Waals surface area contributed by atoms with E-state index in [0.29, 0.717) is 6.61 Å². The molecule has 1 unspecified atom stereocenters. The Kier molecular flexibility index (Phi) is 5.83. The minimum absolute atomic E-state index is 0.0180. The van der Waals surface area contributed by atoms with Crippen molar-refractivity contribution in [1.82, 2.24) is 0 Å². The Hall–Kier alpha value is -1.55. The van der Waals surface area contributed by atoms with Crippen LogP contribution >= 0.6 is 0 Å². The van der Waals surface area contributed by atoms with Crippen LogP contribution in [0, 0.1) is 13.8 Å². The molecule has 2 atom stereocenters. The van der Waals surface area contributed by atoms with Gasteiger partial charge in [0.1, 0.15) is 12.3 Å². The molecule has 0 aromatic heterocycles. The van der Waals surface area contributed by atoms with Crippen LogP contribution in [0.15, 0.2) is 12.1 Å². The number of esters is 1. The van der Waals surface area contributed by atoms with Gasteiger partial charge in [0.2, 0.25) is 0 Å². The minimum atomic E-state index is -0.0416. The molecule has 1 heterocycles. The average Bonchev–Trinajstić information content (AvgIpc) is 2.51. The van der Waals surface area contributed by atoms with Crippen LogP contribution in [0.4, 0.5) is 0 Å². The third-order valence-corrected chi connectivity index (χ3v) is 4.58. The molecule has 0 radical (unpaired) electrons. The molecule has 0 saturated carbocycles. The topological polar surface area (TPSA) is 40.0 Å². The van der Waals surface area contributed by atoms with Crippen LogP contribution in [0.1, 0.15) is 42.9 Å². The lowest BCUT2D eigenvalue weighted by Gasteiger charge is -2.31. The summed E-state index contributed by atoms with van der Waals surface area (Å²) in [5, 5.41) is 0. The molecule has 2 rings (SSSR count). The molecule has 0 spiro atoms. The van der Waals surface area contributed by atoms with Gasteiger partial charge in [0.25, 0.3) is 0 Å². The van der Waals surface area contributed by atoms with Gasteiger partial charge >= 0.3 is 5.97 Å². The molecule has 4 nitrogen and oxygen atoms in total. The van der Waals surface area contributed by atoms with E-state index in [1.807, 2.05) is 6.92 Å². The molecule has 1 N–H and O–H groups in total. The van der Waals surface area contributed by atoms with E-state index in [4.69, 9.17) is 9.47 Å². The average molecular weight is 306 g/mol. The second-order valence-electron chi connectivity index (χ2n) is 6.13. The molecule has 1 aromatic rings. The predicted molar refractivity (Wildman–Crippen MR) is 86.3 cm³/mol. The number of benzene rings is 1. The van der Waals surface area contributed by atoms with Crippen molar-refractivity contribution in [2.24, 2.45) is 0 Å². The summed E-state index contributed by atoms with van der Waals surface area (Å²) < 4.78 is 10.6. The Morgan fingerprint density at radius 2 is 2.05 bits per heavy atom. The van der Waals surface area contributed by atoms with Crippen molar-refractivity contribution in [3.05, 3.63) is 28.8 Å². The van der Waals surface area contributed by atoms with E-state index in [0.717, 1.165) is 37.2 Å². The molecular formula is C18H28NO3+. The quantitative estimate of drug-likeness (QED) is 0.844. The summed E-state index contributed by atoms with van der Waals surface area (Å²) in [6, 6.07) is 4.27. The monoisotopic (exact) mass is 306 g/mol. The van der Waals surface area contributed by atoms with E-state index in [-0.39, 0.29) is 12.0 Å². The third kappa shape index (κ3) is 3.80. The van der Waals surface area contributed by atoms with Crippen molar-refractivity contribution in [2.75, 3.05) is 20.3 Å². The Morgan fingerprint density at radius 3 is 2.73 bits per heavy atom. The van der Waals surface area contributed by atoms with Crippen molar-refractivity contribution in [1.29, 1.82) is 0 Å². The molecule has 1 saturated heterocycles. The molecule has 4 heteroatoms. The molecule has 1 aliphatic heterocycles. The molecule has 1 aliphatic rings. The molecular weight excluding hydrogens is 278 g/mol. The van der Waals surface area contributed by atoms with Crippen LogP contribution in [0.3, 0.4) is 0 Å². The maximum absolute atomic E-state index is 12.2. The van der Waals surface area contributed by atoms with Crippen molar-refractivity contribution in [3.8, 4) is 5.75 Å². The van der Waals surface area contributed by atoms with Gasteiger partial charge < -0.3 is 14.4 Å². The zero-order chi connectivity index (χ0) is 16.1. The Bertz CT molecular complexity index is 527. The first-order valence-electron chi connectivity index (χ1n) is 8.22. The number of nitrogens with one attached hydrogen (secondary N) is 1. The van der Waals surface area contributed by atoms with Crippen molar-refractivity contribution in [3.63, 3.8) is 0 Å². The van der Waals surface area contributed by atoms with E-state index in [1.54, 1.807) is 7.11 Å². The number of piperidine rings is 1. The highest BCUT2D eigenvalue weighted by molar-refractivity contribution is 5.74. The van der Waals surface area contributed by atoms with Crippen LogP contribution in [-0.2, 0) is 16.1 Å². The molecule has 122 valence electrons. The lowest BCUT2D eigenvalue weighted by atomic mass is 9.99. The number of carbonyl (C=O) groups is 1. The van der Waals surface area contributed by atoms with Gasteiger partial charge in [0, 0.05) is 12.0 Å². The normalized spacial score (nSPS) is 21.5. The van der Waals surface area contributed by atoms with Crippen LogP contribution in [0.25, 0.3) is 0 Å². The van der Waals surface area contributed by atoms with Gasteiger partial charge in [-0.15, -0.1) is 0 Å². The molecule has 0 bridgehead atoms. The Balaban J connectivity index is 2.16. The number of quaternary nitrogens is 1. The van der Waals surface area contributed by atoms with E-state index in [9.17, 15) is 4.79 Å². The van der Waals surface area contributed by atoms with E-state index in [2.05, 4.69) is 26.0 Å². The Labute approximate surface area is 133 Å². The van der Waals surface area contributed by atoms with Crippen molar-refractivity contribution in [2.45, 2.75) is 52.6 Å². The van der Waals surface area contributed by atoms with Gasteiger partial charge in [-0.1, -0.05) is 0 Å². The number of methoxy groups -OCH3 is 1. The maximum Gasteiger partial charge on any atom is 0.364 e. The summed E-state index contributed by atoms with van der Waals surface area (Å²) in [5.41, 5.74) is 3.67. The van der Waals surface area contributed by atoms with Crippen molar-refractivity contribution >= 4 is 5.97 Å². The molecule has 1 fully saturated rings. The molecule has 22 heavy (non-hydrogen) atoms. The number of likely N-dealkylation sites (tertiary alicyclic amines) is 1. The van der Waals surface area contributed by atoms with Gasteiger partial charge in [-0.3, -0.25) is 0 Å². The van der Waals surface area contributed by atoms with Crippen LogP contribution in [0.5, 0.6) is 5.75 Å². The molecule has 0 aliphatic carbocycles. The lowest BCUT2D eigenvalue weighted by Crippen LogP contribution is -3.16. The summed E-state index contributed by atoms with van der Waals surface area (Å²) in [7, 11) is 1.70. The number of hydrogen-bond donors (Lipinski definition) is 1.